The molecule has 3 nitrogen and oxygen atoms in total. The van der Waals surface area contributed by atoms with Gasteiger partial charge >= 0.3 is 0 Å². The van der Waals surface area contributed by atoms with Gasteiger partial charge in [0.1, 0.15) is 11.6 Å². The molecule has 0 aliphatic rings. The number of nitrogens with one attached hydrogen (secondary N) is 1. The van der Waals surface area contributed by atoms with E-state index in [1.54, 1.807) is 6.92 Å². The van der Waals surface area contributed by atoms with Crippen LogP contribution in [-0.4, -0.2) is 11.0 Å². The normalized spacial score (nSPS) is 10.3. The van der Waals surface area contributed by atoms with E-state index in [0.717, 1.165) is 0 Å². The Kier molecular flexibility index (Phi) is 3.71. The highest BCUT2D eigenvalue weighted by molar-refractivity contribution is 6.34. The Labute approximate surface area is 114 Å². The zero-order chi connectivity index (χ0) is 14.0. The average molecular weight is 280 g/mol. The van der Waals surface area contributed by atoms with Gasteiger partial charge in [-0.05, 0) is 42.8 Å². The van der Waals surface area contributed by atoms with E-state index in [-0.39, 0.29) is 16.5 Å². The lowest BCUT2D eigenvalue weighted by atomic mass is 10.1. The highest BCUT2D eigenvalue weighted by Gasteiger charge is 2.13. The van der Waals surface area contributed by atoms with Crippen molar-refractivity contribution in [1.82, 2.24) is 0 Å². The lowest BCUT2D eigenvalue weighted by Gasteiger charge is -2.09. The largest absolute Gasteiger partial charge is 0.508 e. The molecular formula is C14H11ClFNO2. The van der Waals surface area contributed by atoms with Crippen molar-refractivity contribution < 1.29 is 14.3 Å². The van der Waals surface area contributed by atoms with Crippen LogP contribution in [0.15, 0.2) is 36.4 Å². The van der Waals surface area contributed by atoms with Gasteiger partial charge in [0.15, 0.2) is 0 Å². The molecule has 0 bridgehead atoms. The van der Waals surface area contributed by atoms with Crippen LogP contribution in [0.5, 0.6) is 5.75 Å². The first-order valence-corrected chi connectivity index (χ1v) is 5.92. The minimum Gasteiger partial charge on any atom is -0.508 e. The van der Waals surface area contributed by atoms with Crippen molar-refractivity contribution in [3.8, 4) is 5.75 Å². The molecule has 0 aliphatic carbocycles. The standard InChI is InChI=1S/C14H11ClFNO2/c1-8-7-9(5-6-12(8)18)14(19)17-13-10(15)3-2-4-11(13)16/h2-7,18H,1H3,(H,17,19). The van der Waals surface area contributed by atoms with Crippen LogP contribution in [0.1, 0.15) is 15.9 Å². The number of hydrogen-bond donors (Lipinski definition) is 2. The summed E-state index contributed by atoms with van der Waals surface area (Å²) in [5.41, 5.74) is 0.821. The molecule has 0 saturated carbocycles. The van der Waals surface area contributed by atoms with Crippen LogP contribution in [0.3, 0.4) is 0 Å². The van der Waals surface area contributed by atoms with E-state index in [0.29, 0.717) is 11.1 Å². The Balaban J connectivity index is 2.28. The van der Waals surface area contributed by atoms with Gasteiger partial charge in [0.2, 0.25) is 0 Å². The van der Waals surface area contributed by atoms with E-state index in [9.17, 15) is 14.3 Å². The second-order valence-corrected chi connectivity index (χ2v) is 4.46. The van der Waals surface area contributed by atoms with Crippen LogP contribution in [0.25, 0.3) is 0 Å². The molecule has 0 aliphatic heterocycles. The van der Waals surface area contributed by atoms with Crippen molar-refractivity contribution >= 4 is 23.2 Å². The first-order chi connectivity index (χ1) is 8.99. The van der Waals surface area contributed by atoms with Crippen LogP contribution in [0.2, 0.25) is 5.02 Å². The lowest BCUT2D eigenvalue weighted by Crippen LogP contribution is -2.13. The fourth-order valence-corrected chi connectivity index (χ4v) is 1.81. The second-order valence-electron chi connectivity index (χ2n) is 4.05. The zero-order valence-electron chi connectivity index (χ0n) is 10.1. The number of hydrogen-bond acceptors (Lipinski definition) is 2. The summed E-state index contributed by atoms with van der Waals surface area (Å²) in [7, 11) is 0. The van der Waals surface area contributed by atoms with Gasteiger partial charge in [-0.15, -0.1) is 0 Å². The molecule has 2 N–H and O–H groups in total. The zero-order valence-corrected chi connectivity index (χ0v) is 10.8. The third kappa shape index (κ3) is 2.85. The third-order valence-corrected chi connectivity index (χ3v) is 2.98. The van der Waals surface area contributed by atoms with Crippen molar-refractivity contribution in [2.75, 3.05) is 5.32 Å². The molecule has 0 unspecified atom stereocenters. The lowest BCUT2D eigenvalue weighted by molar-refractivity contribution is 0.102. The highest BCUT2D eigenvalue weighted by atomic mass is 35.5. The summed E-state index contributed by atoms with van der Waals surface area (Å²) in [5, 5.41) is 11.9. The van der Waals surface area contributed by atoms with E-state index in [2.05, 4.69) is 5.32 Å². The van der Waals surface area contributed by atoms with E-state index >= 15 is 0 Å². The van der Waals surface area contributed by atoms with Crippen molar-refractivity contribution in [3.63, 3.8) is 0 Å². The number of anilines is 1. The van der Waals surface area contributed by atoms with E-state index in [1.165, 1.54) is 36.4 Å². The number of amides is 1. The molecule has 0 saturated heterocycles. The Hall–Kier alpha value is -2.07. The number of para-hydroxylation sites is 1. The molecule has 0 radical (unpaired) electrons. The molecular weight excluding hydrogens is 269 g/mol. The van der Waals surface area contributed by atoms with E-state index in [1.807, 2.05) is 0 Å². The average Bonchev–Trinajstić information content (AvgIpc) is 2.37. The smallest absolute Gasteiger partial charge is 0.255 e. The minimum absolute atomic E-state index is 0.0557. The number of aromatic hydroxyl groups is 1. The van der Waals surface area contributed by atoms with Crippen molar-refractivity contribution in [2.45, 2.75) is 6.92 Å². The van der Waals surface area contributed by atoms with E-state index in [4.69, 9.17) is 11.6 Å². The van der Waals surface area contributed by atoms with Crippen LogP contribution < -0.4 is 5.32 Å². The van der Waals surface area contributed by atoms with Gasteiger partial charge in [-0.1, -0.05) is 17.7 Å². The van der Waals surface area contributed by atoms with Gasteiger partial charge in [-0.25, -0.2) is 4.39 Å². The van der Waals surface area contributed by atoms with Crippen molar-refractivity contribution in [2.24, 2.45) is 0 Å². The number of carbonyl (C=O) groups excluding carboxylic acids is 1. The Morgan fingerprint density at radius 3 is 2.68 bits per heavy atom. The fourth-order valence-electron chi connectivity index (χ4n) is 1.60. The predicted octanol–water partition coefficient (Wildman–Crippen LogP) is 3.75. The molecule has 0 atom stereocenters. The Morgan fingerprint density at radius 2 is 2.05 bits per heavy atom. The summed E-state index contributed by atoms with van der Waals surface area (Å²) in [4.78, 5) is 12.0. The summed E-state index contributed by atoms with van der Waals surface area (Å²) >= 11 is 5.82. The molecule has 2 aromatic carbocycles. The minimum atomic E-state index is -0.601. The molecule has 0 heterocycles. The van der Waals surface area contributed by atoms with Crippen LogP contribution in [0.4, 0.5) is 10.1 Å². The first kappa shape index (κ1) is 13.4. The fraction of sp³-hybridized carbons (Fsp3) is 0.0714. The summed E-state index contributed by atoms with van der Waals surface area (Å²) in [6.07, 6.45) is 0. The van der Waals surface area contributed by atoms with Crippen molar-refractivity contribution in [1.29, 1.82) is 0 Å². The summed E-state index contributed by atoms with van der Waals surface area (Å²) in [6, 6.07) is 8.53. The maximum absolute atomic E-state index is 13.5. The summed E-state index contributed by atoms with van der Waals surface area (Å²) in [6.45, 7) is 1.67. The van der Waals surface area contributed by atoms with Gasteiger partial charge in [0, 0.05) is 5.56 Å². The van der Waals surface area contributed by atoms with E-state index < -0.39 is 11.7 Å². The van der Waals surface area contributed by atoms with Crippen molar-refractivity contribution in [3.05, 3.63) is 58.4 Å². The first-order valence-electron chi connectivity index (χ1n) is 5.54. The second kappa shape index (κ2) is 5.28. The van der Waals surface area contributed by atoms with Gasteiger partial charge in [-0.3, -0.25) is 4.79 Å². The molecule has 2 aromatic rings. The molecule has 98 valence electrons. The van der Waals surface area contributed by atoms with Gasteiger partial charge < -0.3 is 10.4 Å². The van der Waals surface area contributed by atoms with Crippen LogP contribution >= 0.6 is 11.6 Å². The number of carbonyl (C=O) groups is 1. The van der Waals surface area contributed by atoms with Gasteiger partial charge in [-0.2, -0.15) is 0 Å². The molecule has 1 amide bonds. The maximum atomic E-state index is 13.5. The van der Waals surface area contributed by atoms with Gasteiger partial charge in [0.25, 0.3) is 5.91 Å². The molecule has 0 spiro atoms. The monoisotopic (exact) mass is 279 g/mol. The molecule has 0 fully saturated rings. The summed E-state index contributed by atoms with van der Waals surface area (Å²) < 4.78 is 13.5. The Bertz CT molecular complexity index is 623. The molecule has 19 heavy (non-hydrogen) atoms. The maximum Gasteiger partial charge on any atom is 0.255 e. The number of phenols is 1. The van der Waals surface area contributed by atoms with Crippen LogP contribution in [0, 0.1) is 12.7 Å². The highest BCUT2D eigenvalue weighted by Crippen LogP contribution is 2.25. The molecule has 5 heteroatoms. The number of benzene rings is 2. The quantitative estimate of drug-likeness (QED) is 0.880. The topological polar surface area (TPSA) is 49.3 Å². The number of rotatable bonds is 2. The molecule has 2 rings (SSSR count). The third-order valence-electron chi connectivity index (χ3n) is 2.66. The summed E-state index contributed by atoms with van der Waals surface area (Å²) in [5.74, 6) is -0.994. The molecule has 0 aromatic heterocycles. The van der Waals surface area contributed by atoms with Gasteiger partial charge in [0.05, 0.1) is 10.7 Å². The van der Waals surface area contributed by atoms with Crippen LogP contribution in [-0.2, 0) is 0 Å². The number of halogens is 2. The Morgan fingerprint density at radius 1 is 1.32 bits per heavy atom. The number of aryl methyl sites for hydroxylation is 1. The SMILES string of the molecule is Cc1cc(C(=O)Nc2c(F)cccc2Cl)ccc1O. The number of phenolic OH excluding ortho intramolecular Hbond substituents is 1. The predicted molar refractivity (Wildman–Crippen MR) is 72.2 cm³/mol.